The zero-order valence-electron chi connectivity index (χ0n) is 16.7. The van der Waals surface area contributed by atoms with Gasteiger partial charge in [0, 0.05) is 36.7 Å². The van der Waals surface area contributed by atoms with Crippen molar-refractivity contribution in [1.82, 2.24) is 9.21 Å². The van der Waals surface area contributed by atoms with Gasteiger partial charge in [0.1, 0.15) is 0 Å². The lowest BCUT2D eigenvalue weighted by Gasteiger charge is -2.33. The van der Waals surface area contributed by atoms with Gasteiger partial charge in [-0.15, -0.1) is 11.3 Å². The molecular weight excluding hydrogens is 406 g/mol. The zero-order valence-corrected chi connectivity index (χ0v) is 18.3. The normalized spacial score (nSPS) is 18.4. The monoisotopic (exact) mass is 433 g/mol. The molecule has 4 rings (SSSR count). The highest BCUT2D eigenvalue weighted by Gasteiger charge is 2.28. The highest BCUT2D eigenvalue weighted by Crippen LogP contribution is 2.30. The fourth-order valence-corrected chi connectivity index (χ4v) is 6.58. The molecule has 1 aromatic carbocycles. The highest BCUT2D eigenvalue weighted by atomic mass is 32.2. The van der Waals surface area contributed by atoms with Crippen LogP contribution in [0.1, 0.15) is 39.9 Å². The maximum Gasteiger partial charge on any atom is 0.265 e. The van der Waals surface area contributed by atoms with E-state index in [4.69, 9.17) is 0 Å². The molecule has 2 aromatic rings. The standard InChI is InChI=1S/C21H27N3O3S2/c1-2-23-10-12-24(13-11-23)29(26,27)18-8-5-7-17(15-18)22-21(25)20-14-16-6-3-4-9-19(16)28-20/h5,7-8,14-15H,2-4,6,9-13H2,1H3,(H,22,25). The molecule has 8 heteroatoms. The van der Waals surface area contributed by atoms with Crippen LogP contribution in [0, 0.1) is 0 Å². The number of piperazine rings is 1. The Morgan fingerprint density at radius 1 is 1.10 bits per heavy atom. The molecule has 156 valence electrons. The van der Waals surface area contributed by atoms with Crippen molar-refractivity contribution in [2.45, 2.75) is 37.5 Å². The van der Waals surface area contributed by atoms with E-state index in [1.807, 2.05) is 6.07 Å². The molecule has 1 aliphatic heterocycles. The van der Waals surface area contributed by atoms with Gasteiger partial charge in [0.25, 0.3) is 5.91 Å². The van der Waals surface area contributed by atoms with Crippen LogP contribution in [0.2, 0.25) is 0 Å². The number of benzene rings is 1. The van der Waals surface area contributed by atoms with Gasteiger partial charge in [-0.3, -0.25) is 4.79 Å². The number of nitrogens with zero attached hydrogens (tertiary/aromatic N) is 2. The Hall–Kier alpha value is -1.74. The molecule has 1 aromatic heterocycles. The van der Waals surface area contributed by atoms with Crippen LogP contribution < -0.4 is 5.32 Å². The number of anilines is 1. The first-order valence-corrected chi connectivity index (χ1v) is 12.5. The fraction of sp³-hybridized carbons (Fsp3) is 0.476. The molecular formula is C21H27N3O3S2. The first-order valence-electron chi connectivity index (χ1n) is 10.2. The van der Waals surface area contributed by atoms with Crippen molar-refractivity contribution in [1.29, 1.82) is 0 Å². The van der Waals surface area contributed by atoms with Gasteiger partial charge in [0.15, 0.2) is 0 Å². The summed E-state index contributed by atoms with van der Waals surface area (Å²) < 4.78 is 27.6. The summed E-state index contributed by atoms with van der Waals surface area (Å²) in [6, 6.07) is 8.57. The molecule has 0 radical (unpaired) electrons. The van der Waals surface area contributed by atoms with E-state index < -0.39 is 10.0 Å². The summed E-state index contributed by atoms with van der Waals surface area (Å²) in [6.45, 7) is 5.49. The molecule has 1 aliphatic carbocycles. The second-order valence-corrected chi connectivity index (χ2v) is 10.7. The van der Waals surface area contributed by atoms with Gasteiger partial charge < -0.3 is 10.2 Å². The topological polar surface area (TPSA) is 69.7 Å². The molecule has 6 nitrogen and oxygen atoms in total. The smallest absolute Gasteiger partial charge is 0.265 e. The number of hydrogen-bond donors (Lipinski definition) is 1. The van der Waals surface area contributed by atoms with Crippen molar-refractivity contribution in [2.75, 3.05) is 38.0 Å². The molecule has 2 aliphatic rings. The first kappa shape index (κ1) is 20.5. The number of nitrogens with one attached hydrogen (secondary N) is 1. The lowest BCUT2D eigenvalue weighted by molar-refractivity contribution is 0.103. The van der Waals surface area contributed by atoms with Crippen LogP contribution in [-0.4, -0.2) is 56.3 Å². The zero-order chi connectivity index (χ0) is 20.4. The van der Waals surface area contributed by atoms with Crippen molar-refractivity contribution in [3.8, 4) is 0 Å². The SMILES string of the molecule is CCN1CCN(S(=O)(=O)c2cccc(NC(=O)c3cc4c(s3)CCCC4)c2)CC1. The molecule has 1 amide bonds. The van der Waals surface area contributed by atoms with E-state index in [0.29, 0.717) is 23.7 Å². The number of carbonyl (C=O) groups excluding carboxylic acids is 1. The van der Waals surface area contributed by atoms with Gasteiger partial charge in [-0.25, -0.2) is 8.42 Å². The summed E-state index contributed by atoms with van der Waals surface area (Å²) in [5.41, 5.74) is 1.79. The molecule has 0 bridgehead atoms. The number of rotatable bonds is 5. The predicted octanol–water partition coefficient (Wildman–Crippen LogP) is 3.21. The second-order valence-electron chi connectivity index (χ2n) is 7.59. The quantitative estimate of drug-likeness (QED) is 0.786. The number of sulfonamides is 1. The lowest BCUT2D eigenvalue weighted by Crippen LogP contribution is -2.48. The summed E-state index contributed by atoms with van der Waals surface area (Å²) in [5.74, 6) is -0.171. The molecule has 29 heavy (non-hydrogen) atoms. The second kappa shape index (κ2) is 8.55. The Balaban J connectivity index is 1.48. The third kappa shape index (κ3) is 4.40. The fourth-order valence-electron chi connectivity index (χ4n) is 3.96. The number of hydrogen-bond acceptors (Lipinski definition) is 5. The number of thiophene rings is 1. The van der Waals surface area contributed by atoms with Gasteiger partial charge in [-0.2, -0.15) is 4.31 Å². The summed E-state index contributed by atoms with van der Waals surface area (Å²) in [6.07, 6.45) is 4.45. The molecule has 1 N–H and O–H groups in total. The average Bonchev–Trinajstić information content (AvgIpc) is 3.18. The summed E-state index contributed by atoms with van der Waals surface area (Å²) in [4.78, 5) is 17.2. The van der Waals surface area contributed by atoms with Crippen LogP contribution in [-0.2, 0) is 22.9 Å². The number of carbonyl (C=O) groups is 1. The number of fused-ring (bicyclic) bond motifs is 1. The van der Waals surface area contributed by atoms with E-state index in [1.165, 1.54) is 27.6 Å². The minimum atomic E-state index is -3.56. The summed E-state index contributed by atoms with van der Waals surface area (Å²) >= 11 is 1.55. The summed E-state index contributed by atoms with van der Waals surface area (Å²) in [5, 5.41) is 2.88. The maximum atomic E-state index is 13.0. The van der Waals surface area contributed by atoms with E-state index in [2.05, 4.69) is 17.1 Å². The molecule has 0 spiro atoms. The van der Waals surface area contributed by atoms with E-state index in [9.17, 15) is 13.2 Å². The van der Waals surface area contributed by atoms with Gasteiger partial charge in [0.05, 0.1) is 9.77 Å². The van der Waals surface area contributed by atoms with Crippen LogP contribution in [0.5, 0.6) is 0 Å². The van der Waals surface area contributed by atoms with Crippen LogP contribution in [0.3, 0.4) is 0 Å². The van der Waals surface area contributed by atoms with Crippen molar-refractivity contribution in [2.24, 2.45) is 0 Å². The molecule has 0 atom stereocenters. The minimum absolute atomic E-state index is 0.171. The van der Waals surface area contributed by atoms with Crippen molar-refractivity contribution in [3.05, 3.63) is 45.6 Å². The minimum Gasteiger partial charge on any atom is -0.321 e. The van der Waals surface area contributed by atoms with E-state index in [0.717, 1.165) is 32.5 Å². The largest absolute Gasteiger partial charge is 0.321 e. The molecule has 2 heterocycles. The Morgan fingerprint density at radius 2 is 1.86 bits per heavy atom. The Kier molecular flexibility index (Phi) is 6.06. The Bertz CT molecular complexity index is 969. The number of likely N-dealkylation sites (N-methyl/N-ethyl adjacent to an activating group) is 1. The van der Waals surface area contributed by atoms with Gasteiger partial charge >= 0.3 is 0 Å². The molecule has 1 saturated heterocycles. The molecule has 0 saturated carbocycles. The van der Waals surface area contributed by atoms with Gasteiger partial charge in [0.2, 0.25) is 10.0 Å². The molecule has 0 unspecified atom stereocenters. The Morgan fingerprint density at radius 3 is 2.59 bits per heavy atom. The van der Waals surface area contributed by atoms with Crippen molar-refractivity contribution in [3.63, 3.8) is 0 Å². The first-order chi connectivity index (χ1) is 14.0. The predicted molar refractivity (Wildman–Crippen MR) is 116 cm³/mol. The van der Waals surface area contributed by atoms with E-state index >= 15 is 0 Å². The highest BCUT2D eigenvalue weighted by molar-refractivity contribution is 7.89. The number of aryl methyl sites for hydroxylation is 2. The van der Waals surface area contributed by atoms with Crippen molar-refractivity contribution < 1.29 is 13.2 Å². The summed E-state index contributed by atoms with van der Waals surface area (Å²) in [7, 11) is -3.56. The molecule has 1 fully saturated rings. The average molecular weight is 434 g/mol. The Labute approximate surface area is 176 Å². The van der Waals surface area contributed by atoms with Crippen LogP contribution in [0.4, 0.5) is 5.69 Å². The van der Waals surface area contributed by atoms with E-state index in [-0.39, 0.29) is 10.8 Å². The van der Waals surface area contributed by atoms with Crippen molar-refractivity contribution >= 4 is 33.0 Å². The lowest BCUT2D eigenvalue weighted by atomic mass is 9.99. The number of amides is 1. The third-order valence-corrected chi connectivity index (χ3v) is 8.86. The van der Waals surface area contributed by atoms with Crippen LogP contribution >= 0.6 is 11.3 Å². The maximum absolute atomic E-state index is 13.0. The van der Waals surface area contributed by atoms with Crippen LogP contribution in [0.15, 0.2) is 35.2 Å². The van der Waals surface area contributed by atoms with Crippen LogP contribution in [0.25, 0.3) is 0 Å². The third-order valence-electron chi connectivity index (χ3n) is 5.73. The van der Waals surface area contributed by atoms with E-state index in [1.54, 1.807) is 35.6 Å². The van der Waals surface area contributed by atoms with Gasteiger partial charge in [-0.05, 0) is 62.1 Å². The van der Waals surface area contributed by atoms with Gasteiger partial charge in [-0.1, -0.05) is 13.0 Å².